The zero-order valence-corrected chi connectivity index (χ0v) is 18.3. The third-order valence-electron chi connectivity index (χ3n) is 4.69. The van der Waals surface area contributed by atoms with Gasteiger partial charge in [-0.3, -0.25) is 4.99 Å². The number of nitrogens with one attached hydrogen (secondary N) is 3. The standard InChI is InChI=1S/C17H29ClN4O3S2/c1-3-19-16(21-13-17(7-4-8-17)9-12-25-2)20-10-11-22-27(23,24)15-6-5-14(18)26-15/h5-6,22H,3-4,7-13H2,1-2H3,(H2,19,20,21). The molecule has 3 N–H and O–H groups in total. The van der Waals surface area contributed by atoms with Gasteiger partial charge in [0.1, 0.15) is 4.21 Å². The van der Waals surface area contributed by atoms with Crippen LogP contribution >= 0.6 is 22.9 Å². The van der Waals surface area contributed by atoms with Crippen molar-refractivity contribution in [3.8, 4) is 0 Å². The average Bonchev–Trinajstić information content (AvgIpc) is 3.04. The lowest BCUT2D eigenvalue weighted by Crippen LogP contribution is -2.43. The Hall–Kier alpha value is -0.870. The number of sulfonamides is 1. The highest BCUT2D eigenvalue weighted by atomic mass is 35.5. The first-order chi connectivity index (χ1) is 12.9. The maximum absolute atomic E-state index is 12.2. The minimum absolute atomic E-state index is 0.221. The van der Waals surface area contributed by atoms with Crippen LogP contribution in [0.25, 0.3) is 0 Å². The molecule has 1 aromatic rings. The van der Waals surface area contributed by atoms with Crippen LogP contribution < -0.4 is 15.4 Å². The first-order valence-electron chi connectivity index (χ1n) is 9.17. The van der Waals surface area contributed by atoms with Crippen LogP contribution in [0.15, 0.2) is 21.3 Å². The number of methoxy groups -OCH3 is 1. The van der Waals surface area contributed by atoms with Gasteiger partial charge in [0.25, 0.3) is 0 Å². The number of guanidine groups is 1. The van der Waals surface area contributed by atoms with Gasteiger partial charge in [-0.15, -0.1) is 11.3 Å². The lowest BCUT2D eigenvalue weighted by Gasteiger charge is -2.40. The minimum atomic E-state index is -3.52. The maximum Gasteiger partial charge on any atom is 0.250 e. The second kappa shape index (κ2) is 10.6. The summed E-state index contributed by atoms with van der Waals surface area (Å²) in [5, 5.41) is 6.39. The second-order valence-corrected chi connectivity index (χ2v) is 10.4. The minimum Gasteiger partial charge on any atom is -0.385 e. The molecule has 0 unspecified atom stereocenters. The van der Waals surface area contributed by atoms with Gasteiger partial charge >= 0.3 is 0 Å². The van der Waals surface area contributed by atoms with Crippen LogP contribution in [0.1, 0.15) is 32.6 Å². The van der Waals surface area contributed by atoms with Gasteiger partial charge in [0.2, 0.25) is 10.0 Å². The van der Waals surface area contributed by atoms with E-state index in [0.717, 1.165) is 37.5 Å². The molecule has 0 aromatic carbocycles. The van der Waals surface area contributed by atoms with Crippen LogP contribution in [0.2, 0.25) is 4.34 Å². The lowest BCUT2D eigenvalue weighted by molar-refractivity contribution is 0.0778. The Morgan fingerprint density at radius 3 is 2.67 bits per heavy atom. The van der Waals surface area contributed by atoms with Crippen molar-refractivity contribution in [1.29, 1.82) is 0 Å². The molecule has 1 fully saturated rings. The topological polar surface area (TPSA) is 91.8 Å². The van der Waals surface area contributed by atoms with Gasteiger partial charge in [-0.1, -0.05) is 18.0 Å². The molecule has 0 atom stereocenters. The molecule has 0 radical (unpaired) electrons. The van der Waals surface area contributed by atoms with Crippen LogP contribution in [0.4, 0.5) is 0 Å². The largest absolute Gasteiger partial charge is 0.385 e. The van der Waals surface area contributed by atoms with E-state index < -0.39 is 10.0 Å². The number of thiophene rings is 1. The number of ether oxygens (including phenoxy) is 1. The molecule has 0 saturated heterocycles. The Morgan fingerprint density at radius 1 is 1.33 bits per heavy atom. The quantitative estimate of drug-likeness (QED) is 0.281. The molecular weight excluding hydrogens is 408 g/mol. The van der Waals surface area contributed by atoms with E-state index in [1.807, 2.05) is 6.92 Å². The van der Waals surface area contributed by atoms with Crippen LogP contribution in [0.5, 0.6) is 0 Å². The van der Waals surface area contributed by atoms with E-state index in [1.54, 1.807) is 13.2 Å². The zero-order valence-electron chi connectivity index (χ0n) is 15.9. The fraction of sp³-hybridized carbons (Fsp3) is 0.706. The van der Waals surface area contributed by atoms with Crippen molar-refractivity contribution in [1.82, 2.24) is 15.4 Å². The molecule has 1 aromatic heterocycles. The van der Waals surface area contributed by atoms with Crippen LogP contribution in [0.3, 0.4) is 0 Å². The highest BCUT2D eigenvalue weighted by Gasteiger charge is 2.36. The molecular formula is C17H29ClN4O3S2. The molecule has 10 heteroatoms. The van der Waals surface area contributed by atoms with E-state index >= 15 is 0 Å². The number of halogens is 1. The predicted octanol–water partition coefficient (Wildman–Crippen LogP) is 2.44. The summed E-state index contributed by atoms with van der Waals surface area (Å²) in [6, 6.07) is 3.08. The first-order valence-corrected chi connectivity index (χ1v) is 11.8. The summed E-state index contributed by atoms with van der Waals surface area (Å²) in [6.07, 6.45) is 4.64. The maximum atomic E-state index is 12.2. The van der Waals surface area contributed by atoms with E-state index in [0.29, 0.717) is 16.8 Å². The summed E-state index contributed by atoms with van der Waals surface area (Å²) in [5.41, 5.74) is 0.248. The summed E-state index contributed by atoms with van der Waals surface area (Å²) in [6.45, 7) is 4.96. The number of hydrogen-bond acceptors (Lipinski definition) is 5. The Balaban J connectivity index is 1.81. The molecule has 0 amide bonds. The molecule has 1 heterocycles. The van der Waals surface area contributed by atoms with Gasteiger partial charge < -0.3 is 15.4 Å². The fourth-order valence-corrected chi connectivity index (χ4v) is 5.51. The Morgan fingerprint density at radius 2 is 2.11 bits per heavy atom. The van der Waals surface area contributed by atoms with Gasteiger partial charge in [-0.25, -0.2) is 13.1 Å². The lowest BCUT2D eigenvalue weighted by atomic mass is 9.67. The van der Waals surface area contributed by atoms with Gasteiger partial charge in [-0.05, 0) is 43.7 Å². The van der Waals surface area contributed by atoms with E-state index in [4.69, 9.17) is 21.3 Å². The van der Waals surface area contributed by atoms with Gasteiger partial charge in [0, 0.05) is 39.9 Å². The molecule has 154 valence electrons. The Bertz CT molecular complexity index is 718. The van der Waals surface area contributed by atoms with Gasteiger partial charge in [0.05, 0.1) is 4.34 Å². The third-order valence-corrected chi connectivity index (χ3v) is 7.87. The van der Waals surface area contributed by atoms with Crippen molar-refractivity contribution in [2.75, 3.05) is 39.9 Å². The second-order valence-electron chi connectivity index (χ2n) is 6.67. The Labute approximate surface area is 171 Å². The number of aliphatic imine (C=N–C) groups is 1. The number of rotatable bonds is 11. The highest BCUT2D eigenvalue weighted by molar-refractivity contribution is 7.91. The highest BCUT2D eigenvalue weighted by Crippen LogP contribution is 2.44. The summed E-state index contributed by atoms with van der Waals surface area (Å²) in [5.74, 6) is 0.708. The van der Waals surface area contributed by atoms with Crippen molar-refractivity contribution in [3.63, 3.8) is 0 Å². The SMILES string of the molecule is CCNC(=NCC1(CCOC)CCC1)NCCNS(=O)(=O)c1ccc(Cl)s1. The van der Waals surface area contributed by atoms with Crippen LogP contribution in [-0.2, 0) is 14.8 Å². The third kappa shape index (κ3) is 6.90. The molecule has 1 saturated carbocycles. The smallest absolute Gasteiger partial charge is 0.250 e. The van der Waals surface area contributed by atoms with Gasteiger partial charge in [-0.2, -0.15) is 0 Å². The van der Waals surface area contributed by atoms with Crippen LogP contribution in [0, 0.1) is 5.41 Å². The monoisotopic (exact) mass is 436 g/mol. The molecule has 27 heavy (non-hydrogen) atoms. The van der Waals surface area contributed by atoms with E-state index in [2.05, 4.69) is 15.4 Å². The van der Waals surface area contributed by atoms with Crippen LogP contribution in [-0.4, -0.2) is 54.3 Å². The molecule has 0 spiro atoms. The number of nitrogens with zero attached hydrogens (tertiary/aromatic N) is 1. The van der Waals surface area contributed by atoms with Gasteiger partial charge in [0.15, 0.2) is 5.96 Å². The molecule has 1 aliphatic rings. The van der Waals surface area contributed by atoms with E-state index in [-0.39, 0.29) is 16.2 Å². The summed E-state index contributed by atoms with van der Waals surface area (Å²) in [7, 11) is -1.79. The van der Waals surface area contributed by atoms with Crippen molar-refractivity contribution >= 4 is 38.9 Å². The molecule has 7 nitrogen and oxygen atoms in total. The predicted molar refractivity (Wildman–Crippen MR) is 111 cm³/mol. The molecule has 0 aliphatic heterocycles. The Kier molecular flexibility index (Phi) is 8.81. The molecule has 1 aliphatic carbocycles. The van der Waals surface area contributed by atoms with Crippen molar-refractivity contribution in [2.45, 2.75) is 36.8 Å². The molecule has 0 bridgehead atoms. The summed E-state index contributed by atoms with van der Waals surface area (Å²) in [4.78, 5) is 4.70. The summed E-state index contributed by atoms with van der Waals surface area (Å²) >= 11 is 6.85. The first kappa shape index (κ1) is 22.4. The normalized spacial score (nSPS) is 16.8. The van der Waals surface area contributed by atoms with E-state index in [1.165, 1.54) is 25.3 Å². The molecule has 2 rings (SSSR count). The van der Waals surface area contributed by atoms with E-state index in [9.17, 15) is 8.42 Å². The summed E-state index contributed by atoms with van der Waals surface area (Å²) < 4.78 is 32.8. The zero-order chi connectivity index (χ0) is 19.8. The fourth-order valence-electron chi connectivity index (χ4n) is 2.95. The van der Waals surface area contributed by atoms with Crippen molar-refractivity contribution < 1.29 is 13.2 Å². The van der Waals surface area contributed by atoms with Crippen molar-refractivity contribution in [2.24, 2.45) is 10.4 Å². The van der Waals surface area contributed by atoms with Crippen molar-refractivity contribution in [3.05, 3.63) is 16.5 Å². The average molecular weight is 437 g/mol. The number of hydrogen-bond donors (Lipinski definition) is 3.